The second kappa shape index (κ2) is 5.06. The van der Waals surface area contributed by atoms with E-state index in [2.05, 4.69) is 10.6 Å². The van der Waals surface area contributed by atoms with Crippen molar-refractivity contribution in [3.05, 3.63) is 69.7 Å². The van der Waals surface area contributed by atoms with Crippen molar-refractivity contribution in [1.29, 1.82) is 0 Å². The fraction of sp³-hybridized carbons (Fsp3) is 0.0667. The van der Waals surface area contributed by atoms with Gasteiger partial charge in [-0.05, 0) is 17.7 Å². The van der Waals surface area contributed by atoms with Crippen LogP contribution in [0.4, 0.5) is 4.79 Å². The van der Waals surface area contributed by atoms with Gasteiger partial charge in [0.15, 0.2) is 5.54 Å². The van der Waals surface area contributed by atoms with Gasteiger partial charge in [-0.15, -0.1) is 0 Å². The van der Waals surface area contributed by atoms with Gasteiger partial charge in [-0.2, -0.15) is 0 Å². The number of hydrogen-bond acceptors (Lipinski definition) is 2. The molecule has 2 aromatic rings. The summed E-state index contributed by atoms with van der Waals surface area (Å²) in [7, 11) is 0. The minimum absolute atomic E-state index is 0.309. The summed E-state index contributed by atoms with van der Waals surface area (Å²) in [5.74, 6) is -0.470. The monoisotopic (exact) mass is 320 g/mol. The SMILES string of the molecule is O=C1NC(=O)[C@@](c2ccccc2)(c2ccc(Cl)cc2Cl)N1. The second-order valence-electron chi connectivity index (χ2n) is 4.65. The Hall–Kier alpha value is -2.04. The number of carbonyl (C=O) groups is 2. The van der Waals surface area contributed by atoms with Crippen LogP contribution < -0.4 is 10.6 Å². The topological polar surface area (TPSA) is 58.2 Å². The van der Waals surface area contributed by atoms with Crippen molar-refractivity contribution in [2.24, 2.45) is 0 Å². The van der Waals surface area contributed by atoms with Crippen LogP contribution in [0.2, 0.25) is 10.0 Å². The molecule has 0 aromatic heterocycles. The smallest absolute Gasteiger partial charge is 0.316 e. The molecule has 1 atom stereocenters. The van der Waals surface area contributed by atoms with E-state index in [0.717, 1.165) is 0 Å². The van der Waals surface area contributed by atoms with Crippen LogP contribution in [0.1, 0.15) is 11.1 Å². The molecule has 0 unspecified atom stereocenters. The molecule has 6 heteroatoms. The summed E-state index contributed by atoms with van der Waals surface area (Å²) in [6.45, 7) is 0. The molecule has 0 radical (unpaired) electrons. The Kier molecular flexibility index (Phi) is 3.35. The van der Waals surface area contributed by atoms with Crippen molar-refractivity contribution in [1.82, 2.24) is 10.6 Å². The van der Waals surface area contributed by atoms with E-state index in [1.54, 1.807) is 42.5 Å². The van der Waals surface area contributed by atoms with Crippen molar-refractivity contribution in [3.8, 4) is 0 Å². The minimum atomic E-state index is -1.35. The zero-order chi connectivity index (χ0) is 15.0. The van der Waals surface area contributed by atoms with Crippen molar-refractivity contribution < 1.29 is 9.59 Å². The predicted octanol–water partition coefficient (Wildman–Crippen LogP) is 3.08. The Balaban J connectivity index is 2.27. The number of benzene rings is 2. The molecule has 1 heterocycles. The maximum absolute atomic E-state index is 12.5. The fourth-order valence-corrected chi connectivity index (χ4v) is 3.04. The lowest BCUT2D eigenvalue weighted by atomic mass is 9.83. The van der Waals surface area contributed by atoms with Crippen LogP contribution in [0.5, 0.6) is 0 Å². The zero-order valence-electron chi connectivity index (χ0n) is 10.7. The van der Waals surface area contributed by atoms with Gasteiger partial charge in [0.25, 0.3) is 5.91 Å². The molecule has 0 bridgehead atoms. The van der Waals surface area contributed by atoms with E-state index in [1.807, 2.05) is 6.07 Å². The standard InChI is InChI=1S/C15H10Cl2N2O2/c16-10-6-7-11(12(17)8-10)15(9-4-2-1-3-5-9)13(20)18-14(21)19-15/h1-8H,(H2,18,19,20,21)/t15-/m1/s1. The van der Waals surface area contributed by atoms with Crippen LogP contribution in [0.3, 0.4) is 0 Å². The van der Waals surface area contributed by atoms with Crippen LogP contribution in [0, 0.1) is 0 Å². The van der Waals surface area contributed by atoms with Gasteiger partial charge < -0.3 is 5.32 Å². The van der Waals surface area contributed by atoms with Gasteiger partial charge in [-0.1, -0.05) is 59.6 Å². The molecule has 3 amide bonds. The molecule has 21 heavy (non-hydrogen) atoms. The first-order chi connectivity index (χ1) is 10.0. The van der Waals surface area contributed by atoms with E-state index >= 15 is 0 Å². The van der Waals surface area contributed by atoms with Crippen molar-refractivity contribution in [2.45, 2.75) is 5.54 Å². The van der Waals surface area contributed by atoms with Gasteiger partial charge in [-0.3, -0.25) is 10.1 Å². The Bertz CT molecular complexity index is 734. The highest BCUT2D eigenvalue weighted by Gasteiger charge is 2.50. The summed E-state index contributed by atoms with van der Waals surface area (Å²) in [6, 6.07) is 13.2. The second-order valence-corrected chi connectivity index (χ2v) is 5.49. The third-order valence-electron chi connectivity index (χ3n) is 3.41. The Morgan fingerprint density at radius 1 is 0.952 bits per heavy atom. The van der Waals surface area contributed by atoms with Gasteiger partial charge in [-0.25, -0.2) is 4.79 Å². The lowest BCUT2D eigenvalue weighted by Gasteiger charge is -2.28. The lowest BCUT2D eigenvalue weighted by Crippen LogP contribution is -2.45. The molecule has 3 rings (SSSR count). The van der Waals surface area contributed by atoms with Crippen LogP contribution in [0.25, 0.3) is 0 Å². The summed E-state index contributed by atoms with van der Waals surface area (Å²) < 4.78 is 0. The van der Waals surface area contributed by atoms with Gasteiger partial charge in [0.05, 0.1) is 0 Å². The summed E-state index contributed by atoms with van der Waals surface area (Å²) in [6.07, 6.45) is 0. The van der Waals surface area contributed by atoms with Gasteiger partial charge in [0, 0.05) is 15.6 Å². The number of carbonyl (C=O) groups excluding carboxylic acids is 2. The van der Waals surface area contributed by atoms with Crippen molar-refractivity contribution in [2.75, 3.05) is 0 Å². The molecule has 0 saturated carbocycles. The normalized spacial score (nSPS) is 21.0. The highest BCUT2D eigenvalue weighted by molar-refractivity contribution is 6.35. The Morgan fingerprint density at radius 3 is 2.24 bits per heavy atom. The zero-order valence-corrected chi connectivity index (χ0v) is 12.2. The van der Waals surface area contributed by atoms with E-state index in [4.69, 9.17) is 23.2 Å². The number of imide groups is 1. The molecule has 1 aliphatic rings. The highest BCUT2D eigenvalue weighted by Crippen LogP contribution is 2.37. The van der Waals surface area contributed by atoms with Crippen LogP contribution in [-0.4, -0.2) is 11.9 Å². The molecule has 1 saturated heterocycles. The number of halogens is 2. The number of urea groups is 1. The van der Waals surface area contributed by atoms with Gasteiger partial charge >= 0.3 is 6.03 Å². The molecule has 2 aromatic carbocycles. The van der Waals surface area contributed by atoms with Crippen molar-refractivity contribution in [3.63, 3.8) is 0 Å². The molecular formula is C15H10Cl2N2O2. The third-order valence-corrected chi connectivity index (χ3v) is 3.96. The minimum Gasteiger partial charge on any atom is -0.316 e. The summed E-state index contributed by atoms with van der Waals surface area (Å²) in [4.78, 5) is 24.1. The molecule has 4 nitrogen and oxygen atoms in total. The first-order valence-electron chi connectivity index (χ1n) is 6.18. The van der Waals surface area contributed by atoms with Crippen LogP contribution in [0.15, 0.2) is 48.5 Å². The largest absolute Gasteiger partial charge is 0.322 e. The number of nitrogens with one attached hydrogen (secondary N) is 2. The average molecular weight is 321 g/mol. The Labute approximate surface area is 131 Å². The maximum atomic E-state index is 12.5. The third kappa shape index (κ3) is 2.17. The van der Waals surface area contributed by atoms with E-state index in [0.29, 0.717) is 21.2 Å². The maximum Gasteiger partial charge on any atom is 0.322 e. The molecule has 1 fully saturated rings. The van der Waals surface area contributed by atoms with Crippen molar-refractivity contribution >= 4 is 35.1 Å². The van der Waals surface area contributed by atoms with Crippen LogP contribution in [-0.2, 0) is 10.3 Å². The fourth-order valence-electron chi connectivity index (χ4n) is 2.49. The number of amides is 3. The van der Waals surface area contributed by atoms with Gasteiger partial charge in [0.2, 0.25) is 0 Å². The average Bonchev–Trinajstić information content (AvgIpc) is 2.75. The van der Waals surface area contributed by atoms with Crippen LogP contribution >= 0.6 is 23.2 Å². The van der Waals surface area contributed by atoms with E-state index < -0.39 is 17.5 Å². The quantitative estimate of drug-likeness (QED) is 0.835. The molecule has 106 valence electrons. The van der Waals surface area contributed by atoms with E-state index in [1.165, 1.54) is 0 Å². The van der Waals surface area contributed by atoms with E-state index in [9.17, 15) is 9.59 Å². The predicted molar refractivity (Wildman–Crippen MR) is 80.4 cm³/mol. The summed E-state index contributed by atoms with van der Waals surface area (Å²) in [5, 5.41) is 5.71. The lowest BCUT2D eigenvalue weighted by molar-refractivity contribution is -0.122. The molecular weight excluding hydrogens is 311 g/mol. The highest BCUT2D eigenvalue weighted by atomic mass is 35.5. The molecule has 1 aliphatic heterocycles. The first-order valence-corrected chi connectivity index (χ1v) is 6.94. The molecule has 0 spiro atoms. The summed E-state index contributed by atoms with van der Waals surface area (Å²) >= 11 is 12.2. The number of rotatable bonds is 2. The number of hydrogen-bond donors (Lipinski definition) is 2. The van der Waals surface area contributed by atoms with E-state index in [-0.39, 0.29) is 0 Å². The molecule has 2 N–H and O–H groups in total. The van der Waals surface area contributed by atoms with Gasteiger partial charge in [0.1, 0.15) is 0 Å². The Morgan fingerprint density at radius 2 is 1.67 bits per heavy atom. The molecule has 0 aliphatic carbocycles. The summed E-state index contributed by atoms with van der Waals surface area (Å²) in [5.41, 5.74) is -0.249. The first kappa shape index (κ1) is 13.9.